The van der Waals surface area contributed by atoms with Gasteiger partial charge in [0.05, 0.1) is 16.1 Å². The quantitative estimate of drug-likeness (QED) is 0.907. The van der Waals surface area contributed by atoms with Crippen molar-refractivity contribution in [1.29, 1.82) is 0 Å². The number of para-hydroxylation sites is 1. The number of hydrogen-bond acceptors (Lipinski definition) is 3. The summed E-state index contributed by atoms with van der Waals surface area (Å²) >= 11 is 1.48. The van der Waals surface area contributed by atoms with Crippen LogP contribution in [0.4, 0.5) is 5.69 Å². The number of thiophene rings is 1. The SMILES string of the molecule is Cc1cc(C(=O)Nc2ccccc2C(=O)N2CCCCC2)sc1C. The number of benzene rings is 1. The highest BCUT2D eigenvalue weighted by Crippen LogP contribution is 2.24. The Hall–Kier alpha value is -2.14. The van der Waals surface area contributed by atoms with Crippen molar-refractivity contribution in [2.75, 3.05) is 18.4 Å². The van der Waals surface area contributed by atoms with Gasteiger partial charge in [0.25, 0.3) is 11.8 Å². The lowest BCUT2D eigenvalue weighted by Crippen LogP contribution is -2.36. The zero-order chi connectivity index (χ0) is 17.1. The van der Waals surface area contributed by atoms with E-state index in [-0.39, 0.29) is 11.8 Å². The molecule has 0 unspecified atom stereocenters. The van der Waals surface area contributed by atoms with E-state index in [9.17, 15) is 9.59 Å². The summed E-state index contributed by atoms with van der Waals surface area (Å²) < 4.78 is 0. The Kier molecular flexibility index (Phi) is 5.00. The fraction of sp³-hybridized carbons (Fsp3) is 0.368. The number of rotatable bonds is 3. The fourth-order valence-corrected chi connectivity index (χ4v) is 3.84. The van der Waals surface area contributed by atoms with Gasteiger partial charge in [0.2, 0.25) is 0 Å². The monoisotopic (exact) mass is 342 g/mol. The number of likely N-dealkylation sites (tertiary alicyclic amines) is 1. The van der Waals surface area contributed by atoms with Gasteiger partial charge in [-0.1, -0.05) is 12.1 Å². The molecule has 0 spiro atoms. The first kappa shape index (κ1) is 16.7. The smallest absolute Gasteiger partial charge is 0.265 e. The highest BCUT2D eigenvalue weighted by molar-refractivity contribution is 7.14. The maximum absolute atomic E-state index is 12.8. The summed E-state index contributed by atoms with van der Waals surface area (Å²) in [6.07, 6.45) is 3.28. The number of nitrogens with one attached hydrogen (secondary N) is 1. The van der Waals surface area contributed by atoms with Crippen molar-refractivity contribution in [3.05, 3.63) is 51.2 Å². The van der Waals surface area contributed by atoms with Crippen molar-refractivity contribution in [3.8, 4) is 0 Å². The van der Waals surface area contributed by atoms with Crippen LogP contribution in [-0.4, -0.2) is 29.8 Å². The summed E-state index contributed by atoms with van der Waals surface area (Å²) in [4.78, 5) is 29.0. The van der Waals surface area contributed by atoms with Crippen LogP contribution in [0.1, 0.15) is 49.7 Å². The number of piperidine rings is 1. The Bertz CT molecular complexity index is 741. The Morgan fingerprint density at radius 1 is 1.08 bits per heavy atom. The number of carbonyl (C=O) groups excluding carboxylic acids is 2. The third-order valence-electron chi connectivity index (χ3n) is 4.44. The van der Waals surface area contributed by atoms with Crippen LogP contribution >= 0.6 is 11.3 Å². The molecular weight excluding hydrogens is 320 g/mol. The van der Waals surface area contributed by atoms with E-state index in [1.54, 1.807) is 12.1 Å². The van der Waals surface area contributed by atoms with Crippen LogP contribution in [-0.2, 0) is 0 Å². The van der Waals surface area contributed by atoms with Gasteiger partial charge in [-0.3, -0.25) is 9.59 Å². The number of aryl methyl sites for hydroxylation is 2. The first-order valence-electron chi connectivity index (χ1n) is 8.33. The van der Waals surface area contributed by atoms with Gasteiger partial charge in [-0.05, 0) is 56.9 Å². The standard InChI is InChI=1S/C19H22N2O2S/c1-13-12-17(24-14(13)2)18(22)20-16-9-5-4-8-15(16)19(23)21-10-6-3-7-11-21/h4-5,8-9,12H,3,6-7,10-11H2,1-2H3,(H,20,22). The minimum atomic E-state index is -0.157. The van der Waals surface area contributed by atoms with Gasteiger partial charge < -0.3 is 10.2 Å². The molecule has 1 saturated heterocycles. The van der Waals surface area contributed by atoms with Crippen LogP contribution in [0.15, 0.2) is 30.3 Å². The molecule has 0 bridgehead atoms. The first-order valence-corrected chi connectivity index (χ1v) is 9.14. The van der Waals surface area contributed by atoms with E-state index in [1.165, 1.54) is 17.8 Å². The number of carbonyl (C=O) groups is 2. The minimum Gasteiger partial charge on any atom is -0.339 e. The summed E-state index contributed by atoms with van der Waals surface area (Å²) in [6, 6.07) is 9.16. The molecule has 5 heteroatoms. The highest BCUT2D eigenvalue weighted by Gasteiger charge is 2.21. The van der Waals surface area contributed by atoms with Crippen molar-refractivity contribution >= 4 is 28.8 Å². The van der Waals surface area contributed by atoms with Crippen LogP contribution < -0.4 is 5.32 Å². The van der Waals surface area contributed by atoms with E-state index in [2.05, 4.69) is 5.32 Å². The molecule has 0 radical (unpaired) electrons. The first-order chi connectivity index (χ1) is 11.6. The number of hydrogen-bond donors (Lipinski definition) is 1. The average Bonchev–Trinajstić information content (AvgIpc) is 2.95. The third kappa shape index (κ3) is 3.51. The summed E-state index contributed by atoms with van der Waals surface area (Å²) in [6.45, 7) is 5.59. The lowest BCUT2D eigenvalue weighted by molar-refractivity contribution is 0.0725. The Labute approximate surface area is 146 Å². The predicted molar refractivity (Wildman–Crippen MR) is 97.9 cm³/mol. The van der Waals surface area contributed by atoms with E-state index >= 15 is 0 Å². The summed E-state index contributed by atoms with van der Waals surface area (Å²) in [5, 5.41) is 2.91. The van der Waals surface area contributed by atoms with E-state index in [0.717, 1.165) is 36.4 Å². The van der Waals surface area contributed by atoms with Crippen molar-refractivity contribution in [1.82, 2.24) is 4.90 Å². The maximum atomic E-state index is 12.8. The molecule has 1 aliphatic rings. The van der Waals surface area contributed by atoms with Gasteiger partial charge in [0, 0.05) is 18.0 Å². The summed E-state index contributed by atoms with van der Waals surface area (Å²) in [7, 11) is 0. The van der Waals surface area contributed by atoms with E-state index in [4.69, 9.17) is 0 Å². The lowest BCUT2D eigenvalue weighted by atomic mass is 10.1. The molecular formula is C19H22N2O2S. The highest BCUT2D eigenvalue weighted by atomic mass is 32.1. The van der Waals surface area contributed by atoms with Crippen molar-refractivity contribution in [2.45, 2.75) is 33.1 Å². The Morgan fingerprint density at radius 3 is 2.46 bits per heavy atom. The van der Waals surface area contributed by atoms with Gasteiger partial charge in [-0.15, -0.1) is 11.3 Å². The molecule has 0 aliphatic carbocycles. The van der Waals surface area contributed by atoms with Crippen LogP contribution in [0.2, 0.25) is 0 Å². The normalized spacial score (nSPS) is 14.5. The molecule has 1 aromatic heterocycles. The maximum Gasteiger partial charge on any atom is 0.265 e. The van der Waals surface area contributed by atoms with Crippen LogP contribution in [0, 0.1) is 13.8 Å². The molecule has 1 N–H and O–H groups in total. The topological polar surface area (TPSA) is 49.4 Å². The van der Waals surface area contributed by atoms with Gasteiger partial charge in [-0.2, -0.15) is 0 Å². The van der Waals surface area contributed by atoms with Crippen molar-refractivity contribution < 1.29 is 9.59 Å². The second-order valence-corrected chi connectivity index (χ2v) is 7.46. The van der Waals surface area contributed by atoms with Crippen LogP contribution in [0.3, 0.4) is 0 Å². The minimum absolute atomic E-state index is 0.00383. The predicted octanol–water partition coefficient (Wildman–Crippen LogP) is 4.24. The fourth-order valence-electron chi connectivity index (χ4n) is 2.91. The summed E-state index contributed by atoms with van der Waals surface area (Å²) in [5.41, 5.74) is 2.27. The zero-order valence-corrected chi connectivity index (χ0v) is 14.9. The van der Waals surface area contributed by atoms with E-state index in [0.29, 0.717) is 16.1 Å². The van der Waals surface area contributed by atoms with E-state index < -0.39 is 0 Å². The second kappa shape index (κ2) is 7.18. The third-order valence-corrected chi connectivity index (χ3v) is 5.59. The average molecular weight is 342 g/mol. The summed E-state index contributed by atoms with van der Waals surface area (Å²) in [5.74, 6) is -0.153. The molecule has 24 heavy (non-hydrogen) atoms. The van der Waals surface area contributed by atoms with Gasteiger partial charge in [0.15, 0.2) is 0 Å². The number of nitrogens with zero attached hydrogens (tertiary/aromatic N) is 1. The van der Waals surface area contributed by atoms with Gasteiger partial charge >= 0.3 is 0 Å². The Morgan fingerprint density at radius 2 is 1.79 bits per heavy atom. The lowest BCUT2D eigenvalue weighted by Gasteiger charge is -2.27. The number of amides is 2. The second-order valence-electron chi connectivity index (χ2n) is 6.20. The molecule has 1 aromatic carbocycles. The molecule has 2 aromatic rings. The molecule has 2 amide bonds. The molecule has 3 rings (SSSR count). The van der Waals surface area contributed by atoms with Gasteiger partial charge in [-0.25, -0.2) is 0 Å². The van der Waals surface area contributed by atoms with E-state index in [1.807, 2.05) is 36.9 Å². The largest absolute Gasteiger partial charge is 0.339 e. The van der Waals surface area contributed by atoms with Gasteiger partial charge in [0.1, 0.15) is 0 Å². The molecule has 1 fully saturated rings. The molecule has 0 saturated carbocycles. The molecule has 126 valence electrons. The Balaban J connectivity index is 1.81. The molecule has 0 atom stereocenters. The van der Waals surface area contributed by atoms with Crippen LogP contribution in [0.25, 0.3) is 0 Å². The zero-order valence-electron chi connectivity index (χ0n) is 14.1. The molecule has 2 heterocycles. The van der Waals surface area contributed by atoms with Crippen LogP contribution in [0.5, 0.6) is 0 Å². The molecule has 1 aliphatic heterocycles. The van der Waals surface area contributed by atoms with Crippen molar-refractivity contribution in [3.63, 3.8) is 0 Å². The molecule has 4 nitrogen and oxygen atoms in total. The van der Waals surface area contributed by atoms with Crippen molar-refractivity contribution in [2.24, 2.45) is 0 Å². The number of anilines is 1.